The number of rotatable bonds is 6. The van der Waals surface area contributed by atoms with E-state index in [0.29, 0.717) is 33.3 Å². The first kappa shape index (κ1) is 17.3. The third-order valence-corrected chi connectivity index (χ3v) is 5.19. The van der Waals surface area contributed by atoms with Gasteiger partial charge in [0, 0.05) is 15.8 Å². The molecule has 3 aromatic rings. The van der Waals surface area contributed by atoms with Crippen LogP contribution in [-0.4, -0.2) is 10.2 Å². The lowest BCUT2D eigenvalue weighted by atomic mass is 10.1. The lowest BCUT2D eigenvalue weighted by molar-refractivity contribution is 0.420. The number of aromatic nitrogens is 2. The van der Waals surface area contributed by atoms with Crippen LogP contribution in [0.5, 0.6) is 0 Å². The van der Waals surface area contributed by atoms with Crippen molar-refractivity contribution in [3.05, 3.63) is 75.1 Å². The van der Waals surface area contributed by atoms with Crippen molar-refractivity contribution in [2.24, 2.45) is 0 Å². The largest absolute Gasteiger partial charge is 0.416 e. The van der Waals surface area contributed by atoms with Gasteiger partial charge in [-0.05, 0) is 35.2 Å². The Hall–Kier alpha value is -1.49. The van der Waals surface area contributed by atoms with Crippen molar-refractivity contribution in [3.63, 3.8) is 0 Å². The van der Waals surface area contributed by atoms with E-state index in [4.69, 9.17) is 27.6 Å². The van der Waals surface area contributed by atoms with Crippen LogP contribution >= 0.6 is 35.0 Å². The van der Waals surface area contributed by atoms with Crippen LogP contribution < -0.4 is 0 Å². The van der Waals surface area contributed by atoms with Gasteiger partial charge in [0.1, 0.15) is 0 Å². The molecule has 1 heterocycles. The van der Waals surface area contributed by atoms with Crippen molar-refractivity contribution in [2.75, 3.05) is 0 Å². The summed E-state index contributed by atoms with van der Waals surface area (Å²) in [6, 6.07) is 13.9. The molecule has 3 rings (SSSR count). The molecule has 0 unspecified atom stereocenters. The van der Waals surface area contributed by atoms with Gasteiger partial charge in [-0.25, -0.2) is 0 Å². The Morgan fingerprint density at radius 1 is 0.958 bits per heavy atom. The summed E-state index contributed by atoms with van der Waals surface area (Å²) in [6.07, 6.45) is 1.66. The lowest BCUT2D eigenvalue weighted by Gasteiger charge is -2.04. The van der Waals surface area contributed by atoms with Gasteiger partial charge in [-0.1, -0.05) is 72.2 Å². The molecule has 0 fully saturated rings. The Bertz CT molecular complexity index is 798. The number of hydrogen-bond acceptors (Lipinski definition) is 4. The molecule has 0 aliphatic rings. The number of thioether (sulfide) groups is 1. The number of nitrogens with zero attached hydrogens (tertiary/aromatic N) is 2. The Morgan fingerprint density at radius 2 is 1.62 bits per heavy atom. The van der Waals surface area contributed by atoms with Crippen LogP contribution in [-0.2, 0) is 18.6 Å². The third kappa shape index (κ3) is 4.32. The molecule has 3 nitrogen and oxygen atoms in total. The quantitative estimate of drug-likeness (QED) is 0.506. The molecule has 0 N–H and O–H groups in total. The van der Waals surface area contributed by atoms with Crippen LogP contribution in [0.4, 0.5) is 0 Å². The molecule has 2 aromatic carbocycles. The molecule has 6 heteroatoms. The molecule has 0 amide bonds. The number of aryl methyl sites for hydroxylation is 1. The van der Waals surface area contributed by atoms with E-state index in [0.717, 1.165) is 17.5 Å². The van der Waals surface area contributed by atoms with E-state index in [-0.39, 0.29) is 0 Å². The second-order valence-corrected chi connectivity index (χ2v) is 7.04. The monoisotopic (exact) mass is 378 g/mol. The molecular formula is C18H16Cl2N2OS. The van der Waals surface area contributed by atoms with Crippen LogP contribution in [0.1, 0.15) is 29.5 Å². The van der Waals surface area contributed by atoms with Crippen molar-refractivity contribution < 1.29 is 4.42 Å². The Kier molecular flexibility index (Phi) is 5.82. The first-order valence-electron chi connectivity index (χ1n) is 7.61. The number of benzene rings is 2. The minimum absolute atomic E-state index is 0.520. The zero-order chi connectivity index (χ0) is 16.9. The van der Waals surface area contributed by atoms with Crippen LogP contribution in [0, 0.1) is 0 Å². The topological polar surface area (TPSA) is 38.9 Å². The van der Waals surface area contributed by atoms with Gasteiger partial charge in [0.2, 0.25) is 5.89 Å². The van der Waals surface area contributed by atoms with E-state index < -0.39 is 0 Å². The highest BCUT2D eigenvalue weighted by atomic mass is 35.5. The summed E-state index contributed by atoms with van der Waals surface area (Å²) < 4.78 is 5.70. The van der Waals surface area contributed by atoms with Gasteiger partial charge in [0.15, 0.2) is 0 Å². The van der Waals surface area contributed by atoms with Gasteiger partial charge in [0.25, 0.3) is 5.22 Å². The third-order valence-electron chi connectivity index (χ3n) is 3.64. The van der Waals surface area contributed by atoms with E-state index in [1.54, 1.807) is 0 Å². The highest BCUT2D eigenvalue weighted by Crippen LogP contribution is 2.31. The highest BCUT2D eigenvalue weighted by molar-refractivity contribution is 7.98. The van der Waals surface area contributed by atoms with Crippen LogP contribution in [0.15, 0.2) is 52.1 Å². The second kappa shape index (κ2) is 8.06. The minimum atomic E-state index is 0.520. The predicted molar refractivity (Wildman–Crippen MR) is 98.9 cm³/mol. The van der Waals surface area contributed by atoms with Gasteiger partial charge < -0.3 is 4.42 Å². The fraction of sp³-hybridized carbons (Fsp3) is 0.222. The Morgan fingerprint density at radius 3 is 2.29 bits per heavy atom. The fourth-order valence-electron chi connectivity index (χ4n) is 2.24. The van der Waals surface area contributed by atoms with Crippen molar-refractivity contribution >= 4 is 35.0 Å². The maximum Gasteiger partial charge on any atom is 0.276 e. The number of halogens is 2. The molecule has 24 heavy (non-hydrogen) atoms. The summed E-state index contributed by atoms with van der Waals surface area (Å²) in [4.78, 5) is 0. The average Bonchev–Trinajstić information content (AvgIpc) is 3.02. The van der Waals surface area contributed by atoms with Crippen molar-refractivity contribution in [3.8, 4) is 0 Å². The molecule has 0 aliphatic heterocycles. The summed E-state index contributed by atoms with van der Waals surface area (Å²) >= 11 is 13.8. The molecule has 0 aliphatic carbocycles. The van der Waals surface area contributed by atoms with E-state index in [9.17, 15) is 0 Å². The maximum atomic E-state index is 6.17. The molecule has 0 radical (unpaired) electrons. The van der Waals surface area contributed by atoms with Crippen molar-refractivity contribution in [2.45, 2.75) is 30.7 Å². The summed E-state index contributed by atoms with van der Waals surface area (Å²) in [5.41, 5.74) is 3.35. The average molecular weight is 379 g/mol. The molecular weight excluding hydrogens is 363 g/mol. The van der Waals surface area contributed by atoms with E-state index >= 15 is 0 Å². The van der Waals surface area contributed by atoms with E-state index in [1.807, 2.05) is 18.2 Å². The smallest absolute Gasteiger partial charge is 0.276 e. The molecule has 0 spiro atoms. The number of hydrogen-bond donors (Lipinski definition) is 0. The lowest BCUT2D eigenvalue weighted by Crippen LogP contribution is -1.89. The first-order valence-corrected chi connectivity index (χ1v) is 9.35. The Balaban J connectivity index is 1.63. The molecule has 0 atom stereocenters. The molecule has 0 saturated heterocycles. The van der Waals surface area contributed by atoms with Crippen molar-refractivity contribution in [1.82, 2.24) is 10.2 Å². The second-order valence-electron chi connectivity index (χ2n) is 5.30. The molecule has 124 valence electrons. The summed E-state index contributed by atoms with van der Waals surface area (Å²) in [5.74, 6) is 1.19. The van der Waals surface area contributed by atoms with Crippen LogP contribution in [0.25, 0.3) is 0 Å². The van der Waals surface area contributed by atoms with Gasteiger partial charge in [-0.2, -0.15) is 0 Å². The summed E-state index contributed by atoms with van der Waals surface area (Å²) in [6.45, 7) is 2.14. The molecule has 1 aromatic heterocycles. The first-order chi connectivity index (χ1) is 11.7. The summed E-state index contributed by atoms with van der Waals surface area (Å²) in [7, 11) is 0. The van der Waals surface area contributed by atoms with Crippen molar-refractivity contribution in [1.29, 1.82) is 0 Å². The van der Waals surface area contributed by atoms with E-state index in [1.165, 1.54) is 17.3 Å². The molecule has 0 bridgehead atoms. The predicted octanol–water partition coefficient (Wildman–Crippen LogP) is 5.82. The van der Waals surface area contributed by atoms with E-state index in [2.05, 4.69) is 41.4 Å². The Labute approximate surface area is 155 Å². The normalized spacial score (nSPS) is 11.0. The zero-order valence-corrected chi connectivity index (χ0v) is 15.5. The van der Waals surface area contributed by atoms with Crippen LogP contribution in [0.3, 0.4) is 0 Å². The van der Waals surface area contributed by atoms with Gasteiger partial charge >= 0.3 is 0 Å². The van der Waals surface area contributed by atoms with Gasteiger partial charge in [-0.15, -0.1) is 10.2 Å². The standard InChI is InChI=1S/C18H16Cl2N2OS/c1-2-12-6-8-13(9-7-12)10-17-21-22-18(23-17)24-11-14-15(19)4-3-5-16(14)20/h3-9H,2,10-11H2,1H3. The summed E-state index contributed by atoms with van der Waals surface area (Å²) in [5, 5.41) is 10.00. The minimum Gasteiger partial charge on any atom is -0.416 e. The van der Waals surface area contributed by atoms with Crippen LogP contribution in [0.2, 0.25) is 10.0 Å². The van der Waals surface area contributed by atoms with Gasteiger partial charge in [0.05, 0.1) is 6.42 Å². The molecule has 0 saturated carbocycles. The highest BCUT2D eigenvalue weighted by Gasteiger charge is 2.11. The zero-order valence-electron chi connectivity index (χ0n) is 13.1. The maximum absolute atomic E-state index is 6.17. The van der Waals surface area contributed by atoms with Gasteiger partial charge in [-0.3, -0.25) is 0 Å². The fourth-order valence-corrected chi connectivity index (χ4v) is 3.76. The SMILES string of the molecule is CCc1ccc(Cc2nnc(SCc3c(Cl)cccc3Cl)o2)cc1.